The number of aromatic amines is 1. The van der Waals surface area contributed by atoms with Crippen LogP contribution in [0.1, 0.15) is 16.8 Å². The molecule has 1 aromatic carbocycles. The van der Waals surface area contributed by atoms with Crippen molar-refractivity contribution < 1.29 is 0 Å². The van der Waals surface area contributed by atoms with Gasteiger partial charge in [0, 0.05) is 36.0 Å². The molecule has 0 aliphatic rings. The molecular weight excluding hydrogens is 286 g/mol. The first kappa shape index (κ1) is 13.8. The van der Waals surface area contributed by atoms with Crippen LogP contribution >= 0.6 is 0 Å². The highest BCUT2D eigenvalue weighted by atomic mass is 15.2. The summed E-state index contributed by atoms with van der Waals surface area (Å²) in [7, 11) is 0. The van der Waals surface area contributed by atoms with E-state index in [0.29, 0.717) is 0 Å². The molecule has 23 heavy (non-hydrogen) atoms. The highest BCUT2D eigenvalue weighted by molar-refractivity contribution is 5.85. The van der Waals surface area contributed by atoms with E-state index in [1.807, 2.05) is 23.7 Å². The van der Waals surface area contributed by atoms with E-state index in [1.54, 1.807) is 6.20 Å². The fraction of sp³-hybridized carbons (Fsp3) is 0.222. The molecule has 4 rings (SSSR count). The normalized spacial score (nSPS) is 11.4. The summed E-state index contributed by atoms with van der Waals surface area (Å²) in [5.41, 5.74) is 5.85. The summed E-state index contributed by atoms with van der Waals surface area (Å²) in [6.45, 7) is 4.95. The largest absolute Gasteiger partial charge is 0.368 e. The third kappa shape index (κ3) is 2.44. The summed E-state index contributed by atoms with van der Waals surface area (Å²) in [6, 6.07) is 8.46. The molecule has 5 heteroatoms. The molecule has 3 aromatic heterocycles. The van der Waals surface area contributed by atoms with Gasteiger partial charge in [0.15, 0.2) is 5.82 Å². The number of fused-ring (bicyclic) bond motifs is 2. The lowest BCUT2D eigenvalue weighted by Crippen LogP contribution is -2.07. The van der Waals surface area contributed by atoms with Crippen LogP contribution in [0.3, 0.4) is 0 Å². The number of aromatic nitrogens is 4. The summed E-state index contributed by atoms with van der Waals surface area (Å²) in [6.07, 6.45) is 6.70. The predicted octanol–water partition coefficient (Wildman–Crippen LogP) is 3.48. The maximum Gasteiger partial charge on any atom is 0.152 e. The van der Waals surface area contributed by atoms with E-state index < -0.39 is 0 Å². The zero-order valence-corrected chi connectivity index (χ0v) is 13.3. The van der Waals surface area contributed by atoms with Crippen molar-refractivity contribution >= 4 is 22.2 Å². The van der Waals surface area contributed by atoms with Crippen LogP contribution in [0.2, 0.25) is 0 Å². The van der Waals surface area contributed by atoms with E-state index in [2.05, 4.69) is 51.7 Å². The molecule has 5 nitrogen and oxygen atoms in total. The molecule has 4 aromatic rings. The van der Waals surface area contributed by atoms with Gasteiger partial charge in [-0.2, -0.15) is 5.10 Å². The van der Waals surface area contributed by atoms with E-state index >= 15 is 0 Å². The second-order valence-corrected chi connectivity index (χ2v) is 5.88. The van der Waals surface area contributed by atoms with Crippen molar-refractivity contribution in [3.63, 3.8) is 0 Å². The van der Waals surface area contributed by atoms with Crippen molar-refractivity contribution in [2.45, 2.75) is 20.3 Å². The maximum absolute atomic E-state index is 4.44. The number of benzene rings is 1. The van der Waals surface area contributed by atoms with Crippen molar-refractivity contribution in [2.24, 2.45) is 0 Å². The zero-order chi connectivity index (χ0) is 15.8. The number of para-hydroxylation sites is 1. The van der Waals surface area contributed by atoms with Gasteiger partial charge in [-0.1, -0.05) is 18.2 Å². The first-order valence-electron chi connectivity index (χ1n) is 7.83. The van der Waals surface area contributed by atoms with Gasteiger partial charge in [-0.25, -0.2) is 9.50 Å². The van der Waals surface area contributed by atoms with Gasteiger partial charge in [-0.15, -0.1) is 0 Å². The van der Waals surface area contributed by atoms with Gasteiger partial charge in [-0.3, -0.25) is 0 Å². The van der Waals surface area contributed by atoms with Crippen LogP contribution in [0.4, 0.5) is 5.82 Å². The Morgan fingerprint density at radius 2 is 2.17 bits per heavy atom. The molecule has 0 radical (unpaired) electrons. The van der Waals surface area contributed by atoms with Crippen LogP contribution in [0.25, 0.3) is 16.4 Å². The molecule has 2 N–H and O–H groups in total. The molecule has 0 fully saturated rings. The SMILES string of the molecule is Cc1cc2c(NCCc3c[nH]c4c(C)cccc34)nccn2n1. The molecule has 116 valence electrons. The van der Waals surface area contributed by atoms with Crippen LogP contribution in [0.15, 0.2) is 42.9 Å². The second kappa shape index (κ2) is 5.43. The number of anilines is 1. The first-order valence-corrected chi connectivity index (χ1v) is 7.83. The Kier molecular flexibility index (Phi) is 3.26. The predicted molar refractivity (Wildman–Crippen MR) is 93.0 cm³/mol. The van der Waals surface area contributed by atoms with E-state index in [9.17, 15) is 0 Å². The van der Waals surface area contributed by atoms with Gasteiger partial charge in [0.1, 0.15) is 5.52 Å². The average Bonchev–Trinajstić information content (AvgIpc) is 3.12. The minimum atomic E-state index is 0.831. The number of hydrogen-bond donors (Lipinski definition) is 2. The Morgan fingerprint density at radius 3 is 3.09 bits per heavy atom. The minimum Gasteiger partial charge on any atom is -0.368 e. The number of H-pyrrole nitrogens is 1. The zero-order valence-electron chi connectivity index (χ0n) is 13.3. The van der Waals surface area contributed by atoms with E-state index in [4.69, 9.17) is 0 Å². The lowest BCUT2D eigenvalue weighted by atomic mass is 10.1. The topological polar surface area (TPSA) is 58.0 Å². The molecule has 0 atom stereocenters. The number of hydrogen-bond acceptors (Lipinski definition) is 3. The molecule has 0 saturated carbocycles. The maximum atomic E-state index is 4.44. The third-order valence-electron chi connectivity index (χ3n) is 4.21. The van der Waals surface area contributed by atoms with Crippen molar-refractivity contribution in [3.05, 3.63) is 59.7 Å². The molecule has 0 bridgehead atoms. The Labute approximate surface area is 134 Å². The highest BCUT2D eigenvalue weighted by Gasteiger charge is 2.07. The lowest BCUT2D eigenvalue weighted by Gasteiger charge is -2.06. The van der Waals surface area contributed by atoms with Crippen molar-refractivity contribution in [3.8, 4) is 0 Å². The van der Waals surface area contributed by atoms with Gasteiger partial charge in [0.2, 0.25) is 0 Å². The molecule has 3 heterocycles. The van der Waals surface area contributed by atoms with Crippen molar-refractivity contribution in [2.75, 3.05) is 11.9 Å². The van der Waals surface area contributed by atoms with Gasteiger partial charge in [0.05, 0.1) is 5.69 Å². The highest BCUT2D eigenvalue weighted by Crippen LogP contribution is 2.22. The smallest absolute Gasteiger partial charge is 0.152 e. The third-order valence-corrected chi connectivity index (χ3v) is 4.21. The molecule has 0 unspecified atom stereocenters. The van der Waals surface area contributed by atoms with Crippen molar-refractivity contribution in [1.29, 1.82) is 0 Å². The fourth-order valence-electron chi connectivity index (χ4n) is 3.07. The molecule has 0 amide bonds. The Hall–Kier alpha value is -2.82. The second-order valence-electron chi connectivity index (χ2n) is 5.88. The summed E-state index contributed by atoms with van der Waals surface area (Å²) < 4.78 is 1.86. The quantitative estimate of drug-likeness (QED) is 0.607. The van der Waals surface area contributed by atoms with Crippen LogP contribution in [-0.4, -0.2) is 26.1 Å². The van der Waals surface area contributed by atoms with Crippen LogP contribution in [-0.2, 0) is 6.42 Å². The van der Waals surface area contributed by atoms with Gasteiger partial charge in [0.25, 0.3) is 0 Å². The molecule has 0 aliphatic heterocycles. The minimum absolute atomic E-state index is 0.831. The standard InChI is InChI=1S/C18H19N5/c1-12-4-3-5-15-14(11-21-17(12)15)6-7-19-18-16-10-13(2)22-23(16)9-8-20-18/h3-5,8-11,21H,6-7H2,1-2H3,(H,19,20). The number of aryl methyl sites for hydroxylation is 2. The summed E-state index contributed by atoms with van der Waals surface area (Å²) >= 11 is 0. The summed E-state index contributed by atoms with van der Waals surface area (Å²) in [5.74, 6) is 0.879. The van der Waals surface area contributed by atoms with Gasteiger partial charge in [-0.05, 0) is 37.5 Å². The van der Waals surface area contributed by atoms with E-state index in [1.165, 1.54) is 22.0 Å². The van der Waals surface area contributed by atoms with Crippen molar-refractivity contribution in [1.82, 2.24) is 19.6 Å². The summed E-state index contributed by atoms with van der Waals surface area (Å²) in [4.78, 5) is 7.82. The fourth-order valence-corrected chi connectivity index (χ4v) is 3.07. The first-order chi connectivity index (χ1) is 11.2. The molecule has 0 saturated heterocycles. The molecular formula is C18H19N5. The number of nitrogens with zero attached hydrogens (tertiary/aromatic N) is 3. The average molecular weight is 305 g/mol. The van der Waals surface area contributed by atoms with Gasteiger partial charge >= 0.3 is 0 Å². The Balaban J connectivity index is 1.53. The van der Waals surface area contributed by atoms with E-state index in [0.717, 1.165) is 30.0 Å². The van der Waals surface area contributed by atoms with E-state index in [-0.39, 0.29) is 0 Å². The Bertz CT molecular complexity index is 980. The number of nitrogens with one attached hydrogen (secondary N) is 2. The van der Waals surface area contributed by atoms with Crippen LogP contribution in [0, 0.1) is 13.8 Å². The molecule has 0 aliphatic carbocycles. The number of rotatable bonds is 4. The van der Waals surface area contributed by atoms with Gasteiger partial charge < -0.3 is 10.3 Å². The summed E-state index contributed by atoms with van der Waals surface area (Å²) in [5, 5.41) is 9.15. The van der Waals surface area contributed by atoms with Crippen LogP contribution < -0.4 is 5.32 Å². The van der Waals surface area contributed by atoms with Crippen LogP contribution in [0.5, 0.6) is 0 Å². The lowest BCUT2D eigenvalue weighted by molar-refractivity contribution is 0.917. The Morgan fingerprint density at radius 1 is 1.26 bits per heavy atom. The molecule has 0 spiro atoms. The monoisotopic (exact) mass is 305 g/mol.